The van der Waals surface area contributed by atoms with Crippen molar-refractivity contribution in [2.75, 3.05) is 43.9 Å². The van der Waals surface area contributed by atoms with E-state index in [2.05, 4.69) is 46.0 Å². The Labute approximate surface area is 116 Å². The topological polar surface area (TPSA) is 44.3 Å². The van der Waals surface area contributed by atoms with Crippen LogP contribution >= 0.6 is 0 Å². The van der Waals surface area contributed by atoms with E-state index in [1.165, 1.54) is 25.9 Å². The van der Waals surface area contributed by atoms with Gasteiger partial charge in [-0.15, -0.1) is 0 Å². The van der Waals surface area contributed by atoms with Crippen molar-refractivity contribution in [3.63, 3.8) is 0 Å². The molecule has 0 bridgehead atoms. The molecule has 5 heteroatoms. The largest absolute Gasteiger partial charge is 0.373 e. The molecule has 0 amide bonds. The van der Waals surface area contributed by atoms with Gasteiger partial charge in [-0.05, 0) is 26.3 Å². The molecule has 0 saturated carbocycles. The molecule has 2 rings (SSSR count). The van der Waals surface area contributed by atoms with Gasteiger partial charge >= 0.3 is 0 Å². The van der Waals surface area contributed by atoms with Crippen molar-refractivity contribution in [2.45, 2.75) is 32.7 Å². The van der Waals surface area contributed by atoms with E-state index in [0.717, 1.165) is 23.7 Å². The highest BCUT2D eigenvalue weighted by Crippen LogP contribution is 2.25. The number of anilines is 2. The van der Waals surface area contributed by atoms with Gasteiger partial charge in [0.25, 0.3) is 0 Å². The van der Waals surface area contributed by atoms with Crippen LogP contribution in [0.15, 0.2) is 6.33 Å². The van der Waals surface area contributed by atoms with Gasteiger partial charge in [-0.25, -0.2) is 9.97 Å². The minimum atomic E-state index is 0.584. The van der Waals surface area contributed by atoms with Gasteiger partial charge < -0.3 is 15.1 Å². The predicted molar refractivity (Wildman–Crippen MR) is 79.9 cm³/mol. The van der Waals surface area contributed by atoms with Crippen molar-refractivity contribution >= 4 is 11.6 Å². The van der Waals surface area contributed by atoms with E-state index < -0.39 is 0 Å². The van der Waals surface area contributed by atoms with Gasteiger partial charge in [-0.3, -0.25) is 0 Å². The molecular formula is C14H25N5. The fourth-order valence-corrected chi connectivity index (χ4v) is 2.84. The fraction of sp³-hybridized carbons (Fsp3) is 0.714. The Morgan fingerprint density at radius 3 is 2.63 bits per heavy atom. The summed E-state index contributed by atoms with van der Waals surface area (Å²) in [6.45, 7) is 7.85. The van der Waals surface area contributed by atoms with Crippen LogP contribution in [0.1, 0.15) is 25.3 Å². The van der Waals surface area contributed by atoms with Crippen molar-refractivity contribution in [3.05, 3.63) is 11.9 Å². The number of hydrogen-bond acceptors (Lipinski definition) is 5. The molecule has 106 valence electrons. The Morgan fingerprint density at radius 1 is 1.37 bits per heavy atom. The second kappa shape index (κ2) is 6.19. The van der Waals surface area contributed by atoms with Gasteiger partial charge in [-0.2, -0.15) is 0 Å². The van der Waals surface area contributed by atoms with E-state index in [9.17, 15) is 0 Å². The predicted octanol–water partition coefficient (Wildman–Crippen LogP) is 1.75. The van der Waals surface area contributed by atoms with Gasteiger partial charge in [0.1, 0.15) is 18.0 Å². The van der Waals surface area contributed by atoms with Crippen molar-refractivity contribution in [3.8, 4) is 0 Å². The zero-order valence-corrected chi connectivity index (χ0v) is 12.5. The van der Waals surface area contributed by atoms with Crippen LogP contribution in [0.3, 0.4) is 0 Å². The average Bonchev–Trinajstić information content (AvgIpc) is 2.47. The molecule has 1 fully saturated rings. The van der Waals surface area contributed by atoms with Crippen molar-refractivity contribution in [2.24, 2.45) is 0 Å². The maximum absolute atomic E-state index is 4.46. The molecule has 0 radical (unpaired) electrons. The lowest BCUT2D eigenvalue weighted by atomic mass is 10.0. The van der Waals surface area contributed by atoms with Crippen molar-refractivity contribution in [1.29, 1.82) is 0 Å². The Kier molecular flexibility index (Phi) is 4.58. The monoisotopic (exact) mass is 263 g/mol. The van der Waals surface area contributed by atoms with E-state index in [1.54, 1.807) is 6.33 Å². The summed E-state index contributed by atoms with van der Waals surface area (Å²) in [5.74, 6) is 1.97. The summed E-state index contributed by atoms with van der Waals surface area (Å²) >= 11 is 0. The number of hydrogen-bond donors (Lipinski definition) is 1. The smallest absolute Gasteiger partial charge is 0.137 e. The van der Waals surface area contributed by atoms with Gasteiger partial charge in [0.2, 0.25) is 0 Å². The fourth-order valence-electron chi connectivity index (χ4n) is 2.84. The zero-order valence-electron chi connectivity index (χ0n) is 12.5. The molecule has 1 saturated heterocycles. The molecule has 1 aliphatic heterocycles. The molecule has 0 spiro atoms. The second-order valence-electron chi connectivity index (χ2n) is 5.20. The minimum Gasteiger partial charge on any atom is -0.373 e. The molecule has 0 unspecified atom stereocenters. The van der Waals surface area contributed by atoms with Gasteiger partial charge in [0.05, 0.1) is 0 Å². The van der Waals surface area contributed by atoms with Crippen LogP contribution in [0.4, 0.5) is 11.6 Å². The van der Waals surface area contributed by atoms with E-state index in [1.807, 2.05) is 7.05 Å². The standard InChI is InChI=1S/C14H25N5/c1-5-19-8-6-12(7-9-19)18(4)14-11(2)13(15-3)16-10-17-14/h10,12H,5-9H2,1-4H3,(H,15,16,17). The molecule has 0 aromatic carbocycles. The van der Waals surface area contributed by atoms with Gasteiger partial charge in [0, 0.05) is 38.8 Å². The summed E-state index contributed by atoms with van der Waals surface area (Å²) in [6, 6.07) is 0.584. The maximum Gasteiger partial charge on any atom is 0.137 e. The molecule has 1 aromatic rings. The summed E-state index contributed by atoms with van der Waals surface area (Å²) in [5.41, 5.74) is 1.13. The molecular weight excluding hydrogens is 238 g/mol. The van der Waals surface area contributed by atoms with E-state index in [4.69, 9.17) is 0 Å². The molecule has 1 aliphatic rings. The van der Waals surface area contributed by atoms with E-state index in [-0.39, 0.29) is 0 Å². The highest BCUT2D eigenvalue weighted by atomic mass is 15.2. The molecule has 1 aromatic heterocycles. The minimum absolute atomic E-state index is 0.584. The van der Waals surface area contributed by atoms with E-state index in [0.29, 0.717) is 6.04 Å². The van der Waals surface area contributed by atoms with Gasteiger partial charge in [0.15, 0.2) is 0 Å². The molecule has 0 atom stereocenters. The quantitative estimate of drug-likeness (QED) is 0.896. The highest BCUT2D eigenvalue weighted by Gasteiger charge is 2.23. The molecule has 5 nitrogen and oxygen atoms in total. The summed E-state index contributed by atoms with van der Waals surface area (Å²) < 4.78 is 0. The normalized spacial score (nSPS) is 17.5. The lowest BCUT2D eigenvalue weighted by molar-refractivity contribution is 0.220. The van der Waals surface area contributed by atoms with Crippen LogP contribution in [0.25, 0.3) is 0 Å². The first-order valence-electron chi connectivity index (χ1n) is 7.11. The van der Waals surface area contributed by atoms with Crippen molar-refractivity contribution in [1.82, 2.24) is 14.9 Å². The molecule has 1 N–H and O–H groups in total. The first-order chi connectivity index (χ1) is 9.17. The third-order valence-electron chi connectivity index (χ3n) is 4.18. The maximum atomic E-state index is 4.46. The van der Waals surface area contributed by atoms with Crippen LogP contribution in [-0.4, -0.2) is 54.6 Å². The first kappa shape index (κ1) is 14.1. The third-order valence-corrected chi connectivity index (χ3v) is 4.18. The van der Waals surface area contributed by atoms with Crippen LogP contribution in [-0.2, 0) is 0 Å². The van der Waals surface area contributed by atoms with Crippen LogP contribution < -0.4 is 10.2 Å². The average molecular weight is 263 g/mol. The Bertz CT molecular complexity index is 412. The van der Waals surface area contributed by atoms with Crippen LogP contribution in [0.2, 0.25) is 0 Å². The van der Waals surface area contributed by atoms with Crippen molar-refractivity contribution < 1.29 is 0 Å². The van der Waals surface area contributed by atoms with Gasteiger partial charge in [-0.1, -0.05) is 6.92 Å². The Hall–Kier alpha value is -1.36. The lowest BCUT2D eigenvalue weighted by Gasteiger charge is -2.37. The number of piperidine rings is 1. The Morgan fingerprint density at radius 2 is 2.05 bits per heavy atom. The number of nitrogens with zero attached hydrogens (tertiary/aromatic N) is 4. The summed E-state index contributed by atoms with van der Waals surface area (Å²) in [4.78, 5) is 13.5. The number of aromatic nitrogens is 2. The second-order valence-corrected chi connectivity index (χ2v) is 5.20. The lowest BCUT2D eigenvalue weighted by Crippen LogP contribution is -2.43. The number of rotatable bonds is 4. The number of likely N-dealkylation sites (tertiary alicyclic amines) is 1. The first-order valence-corrected chi connectivity index (χ1v) is 7.11. The summed E-state index contributed by atoms with van der Waals surface area (Å²) in [6.07, 6.45) is 4.07. The van der Waals surface area contributed by atoms with Crippen LogP contribution in [0.5, 0.6) is 0 Å². The number of nitrogens with one attached hydrogen (secondary N) is 1. The SMILES string of the molecule is CCN1CCC(N(C)c2ncnc(NC)c2C)CC1. The zero-order chi connectivity index (χ0) is 13.8. The Balaban J connectivity index is 2.10. The molecule has 0 aliphatic carbocycles. The van der Waals surface area contributed by atoms with Crippen LogP contribution in [0, 0.1) is 6.92 Å². The highest BCUT2D eigenvalue weighted by molar-refractivity contribution is 5.57. The van der Waals surface area contributed by atoms with E-state index >= 15 is 0 Å². The summed E-state index contributed by atoms with van der Waals surface area (Å²) in [7, 11) is 4.06. The molecule has 19 heavy (non-hydrogen) atoms. The molecule has 2 heterocycles. The summed E-state index contributed by atoms with van der Waals surface area (Å²) in [5, 5.41) is 3.12. The third kappa shape index (κ3) is 2.97.